The van der Waals surface area contributed by atoms with Crippen LogP contribution in [-0.4, -0.2) is 13.2 Å². The number of halogens is 1. The van der Waals surface area contributed by atoms with Crippen LogP contribution in [0.25, 0.3) is 0 Å². The molecule has 0 amide bonds. The van der Waals surface area contributed by atoms with E-state index in [2.05, 4.69) is 4.99 Å². The van der Waals surface area contributed by atoms with Crippen LogP contribution in [0.15, 0.2) is 17.1 Å². The molecule has 0 bridgehead atoms. The lowest BCUT2D eigenvalue weighted by atomic mass is 9.81. The Kier molecular flexibility index (Phi) is 4.24. The van der Waals surface area contributed by atoms with Gasteiger partial charge in [-0.05, 0) is 30.4 Å². The molecule has 0 saturated heterocycles. The monoisotopic (exact) mass is 277 g/mol. The summed E-state index contributed by atoms with van der Waals surface area (Å²) in [7, 11) is 1.54. The van der Waals surface area contributed by atoms with Crippen LogP contribution in [0.5, 0.6) is 5.75 Å². The molecule has 0 unspecified atom stereocenters. The number of ether oxygens (including phenoxy) is 1. The Morgan fingerprint density at radius 2 is 2.00 bits per heavy atom. The molecule has 0 aliphatic heterocycles. The van der Waals surface area contributed by atoms with Crippen molar-refractivity contribution in [3.63, 3.8) is 0 Å². The first kappa shape index (κ1) is 14.7. The molecule has 1 saturated carbocycles. The average molecular weight is 277 g/mol. The minimum atomic E-state index is -0.628. The van der Waals surface area contributed by atoms with E-state index in [-0.39, 0.29) is 11.7 Å². The molecule has 1 aliphatic rings. The Hall–Kier alpha value is -1.67. The molecule has 1 fully saturated rings. The molecule has 0 N–H and O–H groups in total. The van der Waals surface area contributed by atoms with Gasteiger partial charge < -0.3 is 4.74 Å². The van der Waals surface area contributed by atoms with Crippen LogP contribution in [0.2, 0.25) is 0 Å². The van der Waals surface area contributed by atoms with Gasteiger partial charge >= 0.3 is 0 Å². The zero-order valence-electron chi connectivity index (χ0n) is 12.2. The summed E-state index contributed by atoms with van der Waals surface area (Å²) in [6, 6.07) is 2.90. The van der Waals surface area contributed by atoms with Crippen molar-refractivity contribution >= 4 is 6.08 Å². The molecule has 4 heteroatoms. The first-order chi connectivity index (χ1) is 9.54. The fourth-order valence-corrected chi connectivity index (χ4v) is 3.23. The molecular weight excluding hydrogens is 257 g/mol. The van der Waals surface area contributed by atoms with Crippen molar-refractivity contribution in [3.05, 3.63) is 29.1 Å². The molecule has 1 aromatic carbocycles. The first-order valence-electron chi connectivity index (χ1n) is 7.01. The molecule has 0 atom stereocenters. The summed E-state index contributed by atoms with van der Waals surface area (Å²) in [6.45, 7) is 4.07. The van der Waals surface area contributed by atoms with Crippen LogP contribution in [0.3, 0.4) is 0 Å². The molecule has 3 nitrogen and oxygen atoms in total. The second-order valence-corrected chi connectivity index (χ2v) is 5.67. The number of carbonyl (C=O) groups excluding carboxylic acids is 1. The van der Waals surface area contributed by atoms with Gasteiger partial charge in [-0.3, -0.25) is 0 Å². The predicted octanol–water partition coefficient (Wildman–Crippen LogP) is 4.06. The largest absolute Gasteiger partial charge is 0.496 e. The van der Waals surface area contributed by atoms with Crippen LogP contribution >= 0.6 is 0 Å². The lowest BCUT2D eigenvalue weighted by Gasteiger charge is -2.28. The van der Waals surface area contributed by atoms with E-state index in [4.69, 9.17) is 4.74 Å². The lowest BCUT2D eigenvalue weighted by Crippen LogP contribution is -2.22. The molecule has 2 rings (SSSR count). The maximum absolute atomic E-state index is 13.9. The van der Waals surface area contributed by atoms with E-state index in [9.17, 15) is 9.18 Å². The number of hydrogen-bond acceptors (Lipinski definition) is 3. The van der Waals surface area contributed by atoms with Crippen LogP contribution in [0.4, 0.5) is 4.39 Å². The highest BCUT2D eigenvalue weighted by molar-refractivity contribution is 5.49. The van der Waals surface area contributed by atoms with Crippen LogP contribution in [0.1, 0.15) is 56.6 Å². The Morgan fingerprint density at radius 3 is 2.50 bits per heavy atom. The van der Waals surface area contributed by atoms with E-state index in [1.54, 1.807) is 6.08 Å². The minimum absolute atomic E-state index is 0.167. The number of methoxy groups -OCH3 is 1. The van der Waals surface area contributed by atoms with Crippen LogP contribution in [-0.2, 0) is 10.3 Å². The first-order valence-corrected chi connectivity index (χ1v) is 7.01. The zero-order valence-corrected chi connectivity index (χ0v) is 12.2. The number of isocyanates is 1. The smallest absolute Gasteiger partial charge is 0.235 e. The molecule has 0 aromatic heterocycles. The highest BCUT2D eigenvalue weighted by Gasteiger charge is 2.39. The SMILES string of the molecule is COc1cc(F)cc(C2(N=C=O)CCCC2)c1C(C)C. The number of nitrogens with zero attached hydrogens (tertiary/aromatic N) is 1. The lowest BCUT2D eigenvalue weighted by molar-refractivity contribution is 0.392. The van der Waals surface area contributed by atoms with Crippen molar-refractivity contribution < 1.29 is 13.9 Å². The summed E-state index contributed by atoms with van der Waals surface area (Å²) in [6.07, 6.45) is 5.18. The minimum Gasteiger partial charge on any atom is -0.496 e. The molecule has 0 spiro atoms. The highest BCUT2D eigenvalue weighted by atomic mass is 19.1. The summed E-state index contributed by atoms with van der Waals surface area (Å²) < 4.78 is 19.2. The highest BCUT2D eigenvalue weighted by Crippen LogP contribution is 2.47. The third kappa shape index (κ3) is 2.48. The molecular formula is C16H20FNO2. The summed E-state index contributed by atoms with van der Waals surface area (Å²) in [5.41, 5.74) is 1.09. The third-order valence-electron chi connectivity index (χ3n) is 4.10. The van der Waals surface area contributed by atoms with Crippen molar-refractivity contribution in [2.75, 3.05) is 7.11 Å². The van der Waals surface area contributed by atoms with Gasteiger partial charge in [0, 0.05) is 11.6 Å². The molecule has 108 valence electrons. The second kappa shape index (κ2) is 5.76. The topological polar surface area (TPSA) is 38.7 Å². The van der Waals surface area contributed by atoms with E-state index in [1.807, 2.05) is 13.8 Å². The van der Waals surface area contributed by atoms with Gasteiger partial charge in [0.15, 0.2) is 0 Å². The number of rotatable bonds is 4. The second-order valence-electron chi connectivity index (χ2n) is 5.67. The number of aliphatic imine (C=N–C) groups is 1. The predicted molar refractivity (Wildman–Crippen MR) is 75.3 cm³/mol. The fourth-order valence-electron chi connectivity index (χ4n) is 3.23. The number of benzene rings is 1. The molecule has 20 heavy (non-hydrogen) atoms. The van der Waals surface area contributed by atoms with Gasteiger partial charge in [-0.2, -0.15) is 4.99 Å². The quantitative estimate of drug-likeness (QED) is 0.615. The normalized spacial score (nSPS) is 17.1. The fraction of sp³-hybridized carbons (Fsp3) is 0.562. The zero-order chi connectivity index (χ0) is 14.8. The Bertz CT molecular complexity index is 542. The van der Waals surface area contributed by atoms with E-state index in [0.29, 0.717) is 5.75 Å². The summed E-state index contributed by atoms with van der Waals surface area (Å²) in [5.74, 6) is 0.343. The Balaban J connectivity index is 2.70. The maximum Gasteiger partial charge on any atom is 0.235 e. The van der Waals surface area contributed by atoms with E-state index in [0.717, 1.165) is 36.8 Å². The summed E-state index contributed by atoms with van der Waals surface area (Å²) >= 11 is 0. The average Bonchev–Trinajstić information content (AvgIpc) is 2.87. The van der Waals surface area contributed by atoms with Gasteiger partial charge in [0.1, 0.15) is 11.6 Å². The van der Waals surface area contributed by atoms with Gasteiger partial charge in [-0.25, -0.2) is 9.18 Å². The van der Waals surface area contributed by atoms with Crippen LogP contribution in [0, 0.1) is 5.82 Å². The van der Waals surface area contributed by atoms with E-state index in [1.165, 1.54) is 19.2 Å². The molecule has 0 radical (unpaired) electrons. The van der Waals surface area contributed by atoms with E-state index < -0.39 is 5.54 Å². The van der Waals surface area contributed by atoms with Crippen LogP contribution < -0.4 is 4.74 Å². The van der Waals surface area contributed by atoms with Crippen molar-refractivity contribution in [3.8, 4) is 5.75 Å². The summed E-state index contributed by atoms with van der Waals surface area (Å²) in [5, 5.41) is 0. The van der Waals surface area contributed by atoms with E-state index >= 15 is 0 Å². The van der Waals surface area contributed by atoms with Crippen molar-refractivity contribution in [2.24, 2.45) is 4.99 Å². The third-order valence-corrected chi connectivity index (χ3v) is 4.10. The Labute approximate surface area is 118 Å². The molecule has 0 heterocycles. The van der Waals surface area contributed by atoms with Gasteiger partial charge in [0.05, 0.1) is 12.6 Å². The standard InChI is InChI=1S/C16H20FNO2/c1-11(2)15-13(8-12(17)9-14(15)20-3)16(18-10-19)6-4-5-7-16/h8-9,11H,4-7H2,1-3H3. The van der Waals surface area contributed by atoms with Crippen molar-refractivity contribution in [1.82, 2.24) is 0 Å². The van der Waals surface area contributed by atoms with Gasteiger partial charge in [0.25, 0.3) is 0 Å². The molecule has 1 aliphatic carbocycles. The maximum atomic E-state index is 13.9. The summed E-state index contributed by atoms with van der Waals surface area (Å²) in [4.78, 5) is 14.9. The number of hydrogen-bond donors (Lipinski definition) is 0. The Morgan fingerprint density at radius 1 is 1.35 bits per heavy atom. The van der Waals surface area contributed by atoms with Gasteiger partial charge in [-0.1, -0.05) is 26.7 Å². The van der Waals surface area contributed by atoms with Crippen molar-refractivity contribution in [1.29, 1.82) is 0 Å². The molecule has 1 aromatic rings. The van der Waals surface area contributed by atoms with Gasteiger partial charge in [-0.15, -0.1) is 0 Å². The van der Waals surface area contributed by atoms with Gasteiger partial charge in [0.2, 0.25) is 6.08 Å². The van der Waals surface area contributed by atoms with Crippen molar-refractivity contribution in [2.45, 2.75) is 51.0 Å².